The molecule has 1 heterocycles. The van der Waals surface area contributed by atoms with E-state index in [4.69, 9.17) is 0 Å². The second kappa shape index (κ2) is 5.35. The minimum absolute atomic E-state index is 0.0941. The van der Waals surface area contributed by atoms with Gasteiger partial charge in [-0.05, 0) is 61.9 Å². The van der Waals surface area contributed by atoms with Crippen LogP contribution in [0.4, 0.5) is 0 Å². The third-order valence-electron chi connectivity index (χ3n) is 4.33. The third-order valence-corrected chi connectivity index (χ3v) is 4.33. The number of carbonyl (C=O) groups excluding carboxylic acids is 1. The molecule has 21 heavy (non-hydrogen) atoms. The number of hydrogen-bond acceptors (Lipinski definition) is 2. The van der Waals surface area contributed by atoms with E-state index >= 15 is 0 Å². The first-order chi connectivity index (χ1) is 10.1. The van der Waals surface area contributed by atoms with Crippen molar-refractivity contribution in [3.05, 3.63) is 42.2 Å². The zero-order valence-corrected chi connectivity index (χ0v) is 12.6. The van der Waals surface area contributed by atoms with Gasteiger partial charge in [0, 0.05) is 12.6 Å². The van der Waals surface area contributed by atoms with Crippen molar-refractivity contribution in [2.75, 3.05) is 0 Å². The normalized spacial score (nSPS) is 15.9. The maximum atomic E-state index is 11.6. The van der Waals surface area contributed by atoms with E-state index in [0.29, 0.717) is 5.92 Å². The van der Waals surface area contributed by atoms with Gasteiger partial charge < -0.3 is 9.88 Å². The average molecular weight is 283 g/mol. The molecule has 1 N–H and O–H groups in total. The van der Waals surface area contributed by atoms with Gasteiger partial charge in [-0.25, -0.2) is 4.98 Å². The Bertz CT molecular complexity index is 697. The molecule has 1 saturated carbocycles. The van der Waals surface area contributed by atoms with Crippen LogP contribution in [-0.2, 0) is 11.3 Å². The first kappa shape index (κ1) is 13.9. The number of amides is 1. The monoisotopic (exact) mass is 283 g/mol. The van der Waals surface area contributed by atoms with Crippen LogP contribution in [0.5, 0.6) is 0 Å². The van der Waals surface area contributed by atoms with Crippen molar-refractivity contribution in [1.29, 1.82) is 0 Å². The Kier molecular flexibility index (Phi) is 3.53. The van der Waals surface area contributed by atoms with Crippen LogP contribution in [0.2, 0.25) is 0 Å². The number of nitrogens with one attached hydrogen (secondary N) is 1. The van der Waals surface area contributed by atoms with Crippen LogP contribution in [-0.4, -0.2) is 21.5 Å². The van der Waals surface area contributed by atoms with Gasteiger partial charge in [0.1, 0.15) is 0 Å². The Hall–Kier alpha value is -2.10. The third kappa shape index (κ3) is 2.84. The Labute approximate surface area is 124 Å². The highest BCUT2D eigenvalue weighted by atomic mass is 16.1. The van der Waals surface area contributed by atoms with Crippen molar-refractivity contribution in [1.82, 2.24) is 14.9 Å². The molecule has 1 amide bonds. The predicted molar refractivity (Wildman–Crippen MR) is 84.1 cm³/mol. The fourth-order valence-electron chi connectivity index (χ4n) is 2.72. The molecule has 4 heteroatoms. The van der Waals surface area contributed by atoms with E-state index in [1.807, 2.05) is 6.33 Å². The van der Waals surface area contributed by atoms with Crippen LogP contribution in [0.3, 0.4) is 0 Å². The van der Waals surface area contributed by atoms with E-state index in [1.165, 1.54) is 30.0 Å². The Morgan fingerprint density at radius 1 is 1.48 bits per heavy atom. The first-order valence-corrected chi connectivity index (χ1v) is 7.43. The number of hydrogen-bond donors (Lipinski definition) is 1. The molecule has 110 valence electrons. The lowest BCUT2D eigenvalue weighted by Gasteiger charge is -2.18. The molecule has 1 aliphatic carbocycles. The molecular weight excluding hydrogens is 262 g/mol. The van der Waals surface area contributed by atoms with Gasteiger partial charge in [-0.3, -0.25) is 4.79 Å². The molecule has 0 radical (unpaired) electrons. The molecule has 1 aromatic carbocycles. The molecule has 4 nitrogen and oxygen atoms in total. The molecule has 0 spiro atoms. The Morgan fingerprint density at radius 3 is 2.86 bits per heavy atom. The standard InChI is InChI=1S/C17H21N3O/c1-4-17(21)19-15(13-5-6-13)9-20-10-18-14-7-11(2)12(3)8-16(14)20/h4,7-8,10,13,15H,1,5-6,9H2,2-3H3,(H,19,21). The zero-order valence-electron chi connectivity index (χ0n) is 12.6. The summed E-state index contributed by atoms with van der Waals surface area (Å²) in [7, 11) is 0. The van der Waals surface area contributed by atoms with E-state index in [-0.39, 0.29) is 11.9 Å². The van der Waals surface area contributed by atoms with Crippen LogP contribution < -0.4 is 5.32 Å². The van der Waals surface area contributed by atoms with E-state index < -0.39 is 0 Å². The molecule has 3 rings (SSSR count). The van der Waals surface area contributed by atoms with Gasteiger partial charge in [-0.15, -0.1) is 0 Å². The largest absolute Gasteiger partial charge is 0.348 e. The number of carbonyl (C=O) groups is 1. The lowest BCUT2D eigenvalue weighted by atomic mass is 10.1. The van der Waals surface area contributed by atoms with Crippen LogP contribution in [0.15, 0.2) is 31.1 Å². The minimum atomic E-state index is -0.0941. The molecule has 2 aromatic rings. The fourth-order valence-corrected chi connectivity index (χ4v) is 2.72. The summed E-state index contributed by atoms with van der Waals surface area (Å²) in [6.45, 7) is 8.51. The molecule has 0 aliphatic heterocycles. The number of imidazole rings is 1. The maximum Gasteiger partial charge on any atom is 0.243 e. The number of aryl methyl sites for hydroxylation is 2. The van der Waals surface area contributed by atoms with Crippen molar-refractivity contribution >= 4 is 16.9 Å². The van der Waals surface area contributed by atoms with Crippen molar-refractivity contribution < 1.29 is 4.79 Å². The highest BCUT2D eigenvalue weighted by molar-refractivity contribution is 5.87. The predicted octanol–water partition coefficient (Wildman–Crippen LogP) is 2.73. The summed E-state index contributed by atoms with van der Waals surface area (Å²) < 4.78 is 2.15. The summed E-state index contributed by atoms with van der Waals surface area (Å²) in [5.74, 6) is 0.487. The second-order valence-electron chi connectivity index (χ2n) is 5.98. The molecule has 1 aliphatic rings. The summed E-state index contributed by atoms with van der Waals surface area (Å²) in [6, 6.07) is 4.46. The number of nitrogens with zero attached hydrogens (tertiary/aromatic N) is 2. The molecule has 0 saturated heterocycles. The van der Waals surface area contributed by atoms with Gasteiger partial charge in [-0.2, -0.15) is 0 Å². The van der Waals surface area contributed by atoms with Crippen LogP contribution in [0, 0.1) is 19.8 Å². The summed E-state index contributed by atoms with van der Waals surface area (Å²) in [5.41, 5.74) is 4.67. The van der Waals surface area contributed by atoms with Crippen molar-refractivity contribution in [2.45, 2.75) is 39.3 Å². The fraction of sp³-hybridized carbons (Fsp3) is 0.412. The molecule has 1 atom stereocenters. The topological polar surface area (TPSA) is 46.9 Å². The van der Waals surface area contributed by atoms with E-state index in [0.717, 1.165) is 17.6 Å². The highest BCUT2D eigenvalue weighted by Crippen LogP contribution is 2.34. The Morgan fingerprint density at radius 2 is 2.19 bits per heavy atom. The van der Waals surface area contributed by atoms with Crippen molar-refractivity contribution in [3.8, 4) is 0 Å². The van der Waals surface area contributed by atoms with Crippen LogP contribution in [0.25, 0.3) is 11.0 Å². The summed E-state index contributed by atoms with van der Waals surface area (Å²) >= 11 is 0. The van der Waals surface area contributed by atoms with Gasteiger partial charge in [0.25, 0.3) is 0 Å². The molecule has 1 aromatic heterocycles. The SMILES string of the molecule is C=CC(=O)NC(Cn1cnc2cc(C)c(C)cc21)C1CC1. The number of aromatic nitrogens is 2. The lowest BCUT2D eigenvalue weighted by Crippen LogP contribution is -2.38. The maximum absolute atomic E-state index is 11.6. The first-order valence-electron chi connectivity index (χ1n) is 7.43. The molecule has 1 fully saturated rings. The van der Waals surface area contributed by atoms with Gasteiger partial charge >= 0.3 is 0 Å². The molecule has 0 bridgehead atoms. The number of rotatable bonds is 5. The van der Waals surface area contributed by atoms with Crippen LogP contribution >= 0.6 is 0 Å². The van der Waals surface area contributed by atoms with Gasteiger partial charge in [0.05, 0.1) is 17.4 Å². The van der Waals surface area contributed by atoms with Crippen molar-refractivity contribution in [2.24, 2.45) is 5.92 Å². The van der Waals surface area contributed by atoms with E-state index in [9.17, 15) is 4.79 Å². The lowest BCUT2D eigenvalue weighted by molar-refractivity contribution is -0.117. The summed E-state index contributed by atoms with van der Waals surface area (Å²) in [6.07, 6.45) is 5.59. The average Bonchev–Trinajstić information content (AvgIpc) is 3.24. The quantitative estimate of drug-likeness (QED) is 0.858. The smallest absolute Gasteiger partial charge is 0.243 e. The second-order valence-corrected chi connectivity index (χ2v) is 5.98. The number of benzene rings is 1. The zero-order chi connectivity index (χ0) is 15.0. The summed E-state index contributed by atoms with van der Waals surface area (Å²) in [4.78, 5) is 16.1. The highest BCUT2D eigenvalue weighted by Gasteiger charge is 2.32. The minimum Gasteiger partial charge on any atom is -0.348 e. The van der Waals surface area contributed by atoms with E-state index in [2.05, 4.69) is 47.4 Å². The molecular formula is C17H21N3O. The summed E-state index contributed by atoms with van der Waals surface area (Å²) in [5, 5.41) is 3.05. The van der Waals surface area contributed by atoms with Gasteiger partial charge in [-0.1, -0.05) is 6.58 Å². The van der Waals surface area contributed by atoms with E-state index in [1.54, 1.807) is 0 Å². The van der Waals surface area contributed by atoms with Crippen LogP contribution in [0.1, 0.15) is 24.0 Å². The van der Waals surface area contributed by atoms with Gasteiger partial charge in [0.15, 0.2) is 0 Å². The van der Waals surface area contributed by atoms with Gasteiger partial charge in [0.2, 0.25) is 5.91 Å². The Balaban J connectivity index is 1.87. The van der Waals surface area contributed by atoms with Crippen molar-refractivity contribution in [3.63, 3.8) is 0 Å². The molecule has 1 unspecified atom stereocenters. The number of fused-ring (bicyclic) bond motifs is 1.